The molecule has 0 spiro atoms. The van der Waals surface area contributed by atoms with Crippen molar-refractivity contribution in [1.29, 1.82) is 0 Å². The second kappa shape index (κ2) is 6.20. The minimum atomic E-state index is -0.958. The molecule has 0 radical (unpaired) electrons. The van der Waals surface area contributed by atoms with Crippen molar-refractivity contribution in [1.82, 2.24) is 5.32 Å². The number of aliphatic carboxylic acids is 1. The van der Waals surface area contributed by atoms with Crippen LogP contribution in [0.25, 0.3) is 0 Å². The number of benzene rings is 1. The number of carboxylic acids is 1. The fourth-order valence-corrected chi connectivity index (χ4v) is 2.64. The van der Waals surface area contributed by atoms with Crippen LogP contribution in [-0.4, -0.2) is 17.0 Å². The van der Waals surface area contributed by atoms with Gasteiger partial charge in [-0.3, -0.25) is 9.59 Å². The van der Waals surface area contributed by atoms with Crippen molar-refractivity contribution in [3.63, 3.8) is 0 Å². The van der Waals surface area contributed by atoms with Crippen molar-refractivity contribution in [3.8, 4) is 0 Å². The van der Waals surface area contributed by atoms with Crippen LogP contribution >= 0.6 is 0 Å². The molecule has 4 nitrogen and oxygen atoms in total. The van der Waals surface area contributed by atoms with E-state index in [1.54, 1.807) is 6.92 Å². The van der Waals surface area contributed by atoms with Crippen LogP contribution in [0.3, 0.4) is 0 Å². The van der Waals surface area contributed by atoms with Crippen molar-refractivity contribution in [2.24, 2.45) is 11.8 Å². The summed E-state index contributed by atoms with van der Waals surface area (Å²) in [5, 5.41) is 11.6. The molecule has 114 valence electrons. The molecular weight excluding hydrogens is 280 g/mol. The molecule has 1 saturated carbocycles. The topological polar surface area (TPSA) is 66.4 Å². The maximum absolute atomic E-state index is 13.2. The summed E-state index contributed by atoms with van der Waals surface area (Å²) in [4.78, 5) is 23.0. The Morgan fingerprint density at radius 3 is 2.48 bits per heavy atom. The molecule has 2 N–H and O–H groups in total. The predicted octanol–water partition coefficient (Wildman–Crippen LogP) is 2.64. The van der Waals surface area contributed by atoms with Crippen LogP contribution in [0.2, 0.25) is 0 Å². The van der Waals surface area contributed by atoms with E-state index in [2.05, 4.69) is 5.32 Å². The van der Waals surface area contributed by atoms with Gasteiger partial charge >= 0.3 is 5.97 Å². The number of carbonyl (C=O) groups excluding carboxylic acids is 1. The van der Waals surface area contributed by atoms with Gasteiger partial charge in [0.15, 0.2) is 11.6 Å². The van der Waals surface area contributed by atoms with Crippen LogP contribution in [0.5, 0.6) is 0 Å². The number of hydrogen-bond donors (Lipinski definition) is 2. The molecule has 21 heavy (non-hydrogen) atoms. The molecule has 1 fully saturated rings. The van der Waals surface area contributed by atoms with Crippen molar-refractivity contribution >= 4 is 11.9 Å². The maximum Gasteiger partial charge on any atom is 0.306 e. The summed E-state index contributed by atoms with van der Waals surface area (Å²) in [7, 11) is 0. The highest BCUT2D eigenvalue weighted by Gasteiger charge is 2.34. The first-order valence-corrected chi connectivity index (χ1v) is 6.86. The summed E-state index contributed by atoms with van der Waals surface area (Å²) < 4.78 is 26.0. The molecule has 0 heterocycles. The van der Waals surface area contributed by atoms with Gasteiger partial charge < -0.3 is 10.4 Å². The van der Waals surface area contributed by atoms with E-state index in [1.807, 2.05) is 0 Å². The number of amides is 1. The highest BCUT2D eigenvalue weighted by atomic mass is 19.2. The Balaban J connectivity index is 1.96. The molecule has 1 aromatic carbocycles. The van der Waals surface area contributed by atoms with E-state index in [0.717, 1.165) is 12.1 Å². The van der Waals surface area contributed by atoms with Crippen LogP contribution in [0.4, 0.5) is 8.78 Å². The molecule has 0 aromatic heterocycles. The first-order valence-electron chi connectivity index (χ1n) is 6.86. The zero-order valence-corrected chi connectivity index (χ0v) is 11.6. The Morgan fingerprint density at radius 1 is 1.24 bits per heavy atom. The van der Waals surface area contributed by atoms with E-state index >= 15 is 0 Å². The van der Waals surface area contributed by atoms with Gasteiger partial charge in [0, 0.05) is 5.92 Å². The van der Waals surface area contributed by atoms with Gasteiger partial charge in [0.05, 0.1) is 12.0 Å². The monoisotopic (exact) mass is 297 g/mol. The number of carbonyl (C=O) groups is 2. The molecule has 0 bridgehead atoms. The fourth-order valence-electron chi connectivity index (χ4n) is 2.64. The lowest BCUT2D eigenvalue weighted by molar-refractivity contribution is -0.141. The summed E-state index contributed by atoms with van der Waals surface area (Å²) >= 11 is 0. The van der Waals surface area contributed by atoms with Gasteiger partial charge in [-0.2, -0.15) is 0 Å². The zero-order chi connectivity index (χ0) is 15.6. The standard InChI is InChI=1S/C15H17F2NO3/c1-8(9-4-5-12(16)13(17)7-9)18-14(19)10-2-3-11(6-10)15(20)21/h4-5,7-8,10-11H,2-3,6H2,1H3,(H,18,19)(H,20,21)/t8?,10-,11+/m1/s1. The van der Waals surface area contributed by atoms with Crippen molar-refractivity contribution in [2.75, 3.05) is 0 Å². The van der Waals surface area contributed by atoms with Crippen LogP contribution in [0.1, 0.15) is 37.8 Å². The van der Waals surface area contributed by atoms with E-state index in [-0.39, 0.29) is 11.8 Å². The second-order valence-electron chi connectivity index (χ2n) is 5.45. The first kappa shape index (κ1) is 15.4. The van der Waals surface area contributed by atoms with Crippen LogP contribution in [0, 0.1) is 23.5 Å². The lowest BCUT2D eigenvalue weighted by atomic mass is 10.0. The van der Waals surface area contributed by atoms with E-state index in [0.29, 0.717) is 24.8 Å². The van der Waals surface area contributed by atoms with Gasteiger partial charge in [-0.1, -0.05) is 6.07 Å². The van der Waals surface area contributed by atoms with Gasteiger partial charge in [0.25, 0.3) is 0 Å². The number of carboxylic acid groups (broad SMARTS) is 1. The summed E-state index contributed by atoms with van der Waals surface area (Å²) in [5.41, 5.74) is 0.468. The highest BCUT2D eigenvalue weighted by molar-refractivity contribution is 5.81. The van der Waals surface area contributed by atoms with Crippen LogP contribution < -0.4 is 5.32 Å². The highest BCUT2D eigenvalue weighted by Crippen LogP contribution is 2.31. The molecular formula is C15H17F2NO3. The summed E-state index contributed by atoms with van der Waals surface area (Å²) in [6.07, 6.45) is 1.35. The normalized spacial score (nSPS) is 22.8. The van der Waals surface area contributed by atoms with E-state index in [4.69, 9.17) is 5.11 Å². The first-order chi connectivity index (χ1) is 9.88. The Bertz CT molecular complexity index is 562. The van der Waals surface area contributed by atoms with Gasteiger partial charge in [0.2, 0.25) is 5.91 Å². The number of nitrogens with one attached hydrogen (secondary N) is 1. The van der Waals surface area contributed by atoms with E-state index < -0.39 is 29.6 Å². The third-order valence-electron chi connectivity index (χ3n) is 3.96. The van der Waals surface area contributed by atoms with Crippen LogP contribution in [0.15, 0.2) is 18.2 Å². The van der Waals surface area contributed by atoms with Gasteiger partial charge in [-0.05, 0) is 43.9 Å². The van der Waals surface area contributed by atoms with Gasteiger partial charge in [-0.15, -0.1) is 0 Å². The van der Waals surface area contributed by atoms with Crippen molar-refractivity contribution < 1.29 is 23.5 Å². The maximum atomic E-state index is 13.2. The largest absolute Gasteiger partial charge is 0.481 e. The number of halogens is 2. The molecule has 0 saturated heterocycles. The molecule has 1 aromatic rings. The van der Waals surface area contributed by atoms with Gasteiger partial charge in [-0.25, -0.2) is 8.78 Å². The Morgan fingerprint density at radius 2 is 1.90 bits per heavy atom. The summed E-state index contributed by atoms with van der Waals surface area (Å²) in [6.45, 7) is 1.67. The molecule has 0 aliphatic heterocycles. The number of rotatable bonds is 4. The number of hydrogen-bond acceptors (Lipinski definition) is 2. The quantitative estimate of drug-likeness (QED) is 0.898. The molecule has 2 rings (SSSR count). The van der Waals surface area contributed by atoms with Crippen molar-refractivity contribution in [2.45, 2.75) is 32.2 Å². The van der Waals surface area contributed by atoms with E-state index in [1.165, 1.54) is 6.07 Å². The summed E-state index contributed by atoms with van der Waals surface area (Å²) in [5.74, 6) is -3.81. The lowest BCUT2D eigenvalue weighted by Gasteiger charge is -2.17. The minimum Gasteiger partial charge on any atom is -0.481 e. The van der Waals surface area contributed by atoms with Crippen molar-refractivity contribution in [3.05, 3.63) is 35.4 Å². The predicted molar refractivity (Wildman–Crippen MR) is 71.4 cm³/mol. The molecule has 1 amide bonds. The molecule has 6 heteroatoms. The fraction of sp³-hybridized carbons (Fsp3) is 0.467. The van der Waals surface area contributed by atoms with E-state index in [9.17, 15) is 18.4 Å². The Hall–Kier alpha value is -1.98. The molecule has 3 atom stereocenters. The second-order valence-corrected chi connectivity index (χ2v) is 5.45. The third-order valence-corrected chi connectivity index (χ3v) is 3.96. The summed E-state index contributed by atoms with van der Waals surface area (Å²) in [6, 6.07) is 3.02. The average molecular weight is 297 g/mol. The minimum absolute atomic E-state index is 0.240. The molecule has 1 aliphatic carbocycles. The van der Waals surface area contributed by atoms with Gasteiger partial charge in [0.1, 0.15) is 0 Å². The lowest BCUT2D eigenvalue weighted by Crippen LogP contribution is -2.32. The third kappa shape index (κ3) is 3.56. The average Bonchev–Trinajstić information content (AvgIpc) is 2.91. The van der Waals surface area contributed by atoms with Crippen LogP contribution in [-0.2, 0) is 9.59 Å². The SMILES string of the molecule is CC(NC(=O)[C@@H]1CC[C@H](C(=O)O)C1)c1ccc(F)c(F)c1. The smallest absolute Gasteiger partial charge is 0.306 e. The molecule has 1 aliphatic rings. The Kier molecular flexibility index (Phi) is 4.55. The molecule has 1 unspecified atom stereocenters. The zero-order valence-electron chi connectivity index (χ0n) is 11.6. The Labute approximate surface area is 121 Å².